The zero-order valence-electron chi connectivity index (χ0n) is 17.7. The summed E-state index contributed by atoms with van der Waals surface area (Å²) in [5.74, 6) is 0.782. The first-order valence-electron chi connectivity index (χ1n) is 10.7. The largest absolute Gasteiger partial charge is 0.350 e. The third kappa shape index (κ3) is 5.95. The summed E-state index contributed by atoms with van der Waals surface area (Å²) in [7, 11) is 0. The molecule has 2 heterocycles. The number of halogens is 1. The number of rotatable bonds is 7. The van der Waals surface area contributed by atoms with E-state index in [1.807, 2.05) is 12.1 Å². The highest BCUT2D eigenvalue weighted by molar-refractivity contribution is 5.75. The van der Waals surface area contributed by atoms with Crippen molar-refractivity contribution in [3.05, 3.63) is 65.5 Å². The second-order valence-corrected chi connectivity index (χ2v) is 8.20. The van der Waals surface area contributed by atoms with E-state index in [9.17, 15) is 9.18 Å². The lowest BCUT2D eigenvalue weighted by Crippen LogP contribution is -2.32. The van der Waals surface area contributed by atoms with Crippen LogP contribution >= 0.6 is 0 Å². The number of aromatic nitrogens is 4. The Hall–Kier alpha value is -3.13. The van der Waals surface area contributed by atoms with E-state index < -0.39 is 0 Å². The Kier molecular flexibility index (Phi) is 6.66. The van der Waals surface area contributed by atoms with Crippen molar-refractivity contribution >= 4 is 5.91 Å². The number of carbonyl (C=O) groups excluding carboxylic acids is 1. The molecule has 8 heteroatoms. The van der Waals surface area contributed by atoms with Gasteiger partial charge in [0, 0.05) is 18.7 Å². The van der Waals surface area contributed by atoms with Gasteiger partial charge in [0.15, 0.2) is 0 Å². The number of piperidine rings is 1. The maximum atomic E-state index is 12.9. The Balaban J connectivity index is 1.28. The van der Waals surface area contributed by atoms with Gasteiger partial charge in [-0.15, -0.1) is 10.2 Å². The zero-order valence-corrected chi connectivity index (χ0v) is 17.7. The fraction of sp³-hybridized carbons (Fsp3) is 0.391. The molecule has 162 valence electrons. The number of nitrogens with one attached hydrogen (secondary N) is 1. The van der Waals surface area contributed by atoms with Crippen LogP contribution in [-0.2, 0) is 24.4 Å². The van der Waals surface area contributed by atoms with Gasteiger partial charge in [0.2, 0.25) is 11.7 Å². The van der Waals surface area contributed by atoms with Gasteiger partial charge in [-0.25, -0.2) is 4.39 Å². The summed E-state index contributed by atoms with van der Waals surface area (Å²) in [6.45, 7) is 5.88. The molecule has 1 saturated heterocycles. The molecule has 0 aliphatic carbocycles. The quantitative estimate of drug-likeness (QED) is 0.633. The van der Waals surface area contributed by atoms with Gasteiger partial charge >= 0.3 is 0 Å². The molecule has 3 aromatic rings. The molecule has 0 atom stereocenters. The Morgan fingerprint density at radius 3 is 2.45 bits per heavy atom. The predicted molar refractivity (Wildman–Crippen MR) is 115 cm³/mol. The van der Waals surface area contributed by atoms with Crippen LogP contribution in [-0.4, -0.2) is 44.1 Å². The minimum Gasteiger partial charge on any atom is -0.350 e. The number of hydrogen-bond donors (Lipinski definition) is 1. The van der Waals surface area contributed by atoms with Gasteiger partial charge in [-0.3, -0.25) is 9.69 Å². The van der Waals surface area contributed by atoms with E-state index in [0.717, 1.165) is 36.7 Å². The molecular weight excluding hydrogens is 395 g/mol. The third-order valence-electron chi connectivity index (χ3n) is 5.64. The molecule has 4 rings (SSSR count). The van der Waals surface area contributed by atoms with Crippen LogP contribution in [0.15, 0.2) is 48.5 Å². The van der Waals surface area contributed by atoms with E-state index in [0.29, 0.717) is 12.4 Å². The molecule has 7 nitrogen and oxygen atoms in total. The molecule has 0 saturated carbocycles. The Bertz CT molecular complexity index is 994. The number of likely N-dealkylation sites (tertiary alicyclic amines) is 1. The fourth-order valence-corrected chi connectivity index (χ4v) is 3.65. The first-order valence-corrected chi connectivity index (χ1v) is 10.7. The fourth-order valence-electron chi connectivity index (χ4n) is 3.65. The van der Waals surface area contributed by atoms with Gasteiger partial charge in [-0.2, -0.15) is 4.80 Å². The van der Waals surface area contributed by atoms with Crippen LogP contribution in [0, 0.1) is 11.7 Å². The van der Waals surface area contributed by atoms with Crippen LogP contribution in [0.5, 0.6) is 0 Å². The highest BCUT2D eigenvalue weighted by Gasteiger charge is 2.16. The second kappa shape index (κ2) is 9.78. The van der Waals surface area contributed by atoms with E-state index in [-0.39, 0.29) is 18.3 Å². The molecule has 1 aliphatic heterocycles. The average Bonchev–Trinajstić information content (AvgIpc) is 3.24. The summed E-state index contributed by atoms with van der Waals surface area (Å²) >= 11 is 0. The summed E-state index contributed by atoms with van der Waals surface area (Å²) < 4.78 is 12.9. The average molecular weight is 423 g/mol. The van der Waals surface area contributed by atoms with E-state index in [1.165, 1.54) is 35.3 Å². The topological polar surface area (TPSA) is 75.9 Å². The first kappa shape index (κ1) is 21.1. The van der Waals surface area contributed by atoms with Crippen molar-refractivity contribution in [3.8, 4) is 11.4 Å². The van der Waals surface area contributed by atoms with Gasteiger partial charge in [0.25, 0.3) is 0 Å². The van der Waals surface area contributed by atoms with Crippen LogP contribution in [0.2, 0.25) is 0 Å². The Morgan fingerprint density at radius 2 is 1.74 bits per heavy atom. The molecule has 2 aromatic carbocycles. The van der Waals surface area contributed by atoms with Gasteiger partial charge in [-0.05, 0) is 60.3 Å². The minimum absolute atomic E-state index is 0.0281. The van der Waals surface area contributed by atoms with E-state index in [1.54, 1.807) is 12.1 Å². The lowest BCUT2D eigenvalue weighted by molar-refractivity contribution is -0.122. The summed E-state index contributed by atoms with van der Waals surface area (Å²) in [4.78, 5) is 15.9. The molecule has 0 bridgehead atoms. The van der Waals surface area contributed by atoms with E-state index in [2.05, 4.69) is 44.7 Å². The second-order valence-electron chi connectivity index (χ2n) is 8.20. The lowest BCUT2D eigenvalue weighted by Gasteiger charge is -2.30. The first-order chi connectivity index (χ1) is 15.0. The van der Waals surface area contributed by atoms with Crippen molar-refractivity contribution in [3.63, 3.8) is 0 Å². The molecule has 1 aromatic heterocycles. The lowest BCUT2D eigenvalue weighted by atomic mass is 9.99. The molecule has 0 unspecified atom stereocenters. The number of benzene rings is 2. The highest BCUT2D eigenvalue weighted by atomic mass is 19.1. The van der Waals surface area contributed by atoms with Crippen molar-refractivity contribution in [1.29, 1.82) is 0 Å². The SMILES string of the molecule is CC1CCN(Cc2ccc(-c3nnn(CC(=O)NCc4ccc(F)cc4)n3)cc2)CC1. The van der Waals surface area contributed by atoms with Crippen LogP contribution in [0.25, 0.3) is 11.4 Å². The van der Waals surface area contributed by atoms with Crippen molar-refractivity contribution < 1.29 is 9.18 Å². The van der Waals surface area contributed by atoms with Crippen LogP contribution < -0.4 is 5.32 Å². The molecular formula is C23H27FN6O. The molecule has 31 heavy (non-hydrogen) atoms. The van der Waals surface area contributed by atoms with Crippen LogP contribution in [0.1, 0.15) is 30.9 Å². The summed E-state index contributed by atoms with van der Waals surface area (Å²) in [5.41, 5.74) is 2.96. The summed E-state index contributed by atoms with van der Waals surface area (Å²) in [5, 5.41) is 15.1. The van der Waals surface area contributed by atoms with Crippen molar-refractivity contribution in [2.24, 2.45) is 5.92 Å². The van der Waals surface area contributed by atoms with Crippen LogP contribution in [0.4, 0.5) is 4.39 Å². The van der Waals surface area contributed by atoms with Crippen molar-refractivity contribution in [2.75, 3.05) is 13.1 Å². The number of tetrazole rings is 1. The maximum Gasteiger partial charge on any atom is 0.243 e. The van der Waals surface area contributed by atoms with Gasteiger partial charge in [0.1, 0.15) is 12.4 Å². The Morgan fingerprint density at radius 1 is 1.06 bits per heavy atom. The van der Waals surface area contributed by atoms with E-state index in [4.69, 9.17) is 0 Å². The number of carbonyl (C=O) groups is 1. The summed E-state index contributed by atoms with van der Waals surface area (Å²) in [6.07, 6.45) is 2.53. The predicted octanol–water partition coefficient (Wildman–Crippen LogP) is 3.03. The molecule has 1 amide bonds. The minimum atomic E-state index is -0.302. The van der Waals surface area contributed by atoms with Crippen LogP contribution in [0.3, 0.4) is 0 Å². The van der Waals surface area contributed by atoms with Crippen molar-refractivity contribution in [1.82, 2.24) is 30.4 Å². The summed E-state index contributed by atoms with van der Waals surface area (Å²) in [6, 6.07) is 14.2. The van der Waals surface area contributed by atoms with E-state index >= 15 is 0 Å². The third-order valence-corrected chi connectivity index (χ3v) is 5.64. The highest BCUT2D eigenvalue weighted by Crippen LogP contribution is 2.20. The molecule has 1 aliphatic rings. The van der Waals surface area contributed by atoms with Gasteiger partial charge in [-0.1, -0.05) is 43.3 Å². The monoisotopic (exact) mass is 422 g/mol. The standard InChI is InChI=1S/C23H27FN6O/c1-17-10-12-29(13-11-17)15-19-2-6-20(7-3-19)23-26-28-30(27-23)16-22(31)25-14-18-4-8-21(24)9-5-18/h2-9,17H,10-16H2,1H3,(H,25,31). The zero-order chi connectivity index (χ0) is 21.6. The Labute approximate surface area is 181 Å². The van der Waals surface area contributed by atoms with Gasteiger partial charge in [0.05, 0.1) is 0 Å². The maximum absolute atomic E-state index is 12.9. The number of nitrogens with zero attached hydrogens (tertiary/aromatic N) is 5. The number of hydrogen-bond acceptors (Lipinski definition) is 5. The number of amides is 1. The molecule has 1 fully saturated rings. The smallest absolute Gasteiger partial charge is 0.243 e. The van der Waals surface area contributed by atoms with Crippen molar-refractivity contribution in [2.45, 2.75) is 39.4 Å². The molecule has 1 N–H and O–H groups in total. The molecule has 0 spiro atoms. The normalized spacial score (nSPS) is 15.2. The van der Waals surface area contributed by atoms with Gasteiger partial charge < -0.3 is 5.32 Å². The molecule has 0 radical (unpaired) electrons.